The SMILES string of the molecule is [2H]c1c([2H])c(N(c2ccc(-c3cccc4c3C(C)(C)c3ccccc3-4)cc2)c2cccc(-c3ccc4ccccc4c3)c2)c([2H])c([2H])c1-c1ccc(-c2ccccc2)cc1. The number of hydrogen-bond donors (Lipinski definition) is 0. The van der Waals surface area contributed by atoms with Gasteiger partial charge in [-0.25, -0.2) is 0 Å². The molecule has 56 heavy (non-hydrogen) atoms. The topological polar surface area (TPSA) is 3.24 Å². The summed E-state index contributed by atoms with van der Waals surface area (Å²) in [6.45, 7) is 4.59. The number of fused-ring (bicyclic) bond motifs is 4. The molecule has 10 rings (SSSR count). The van der Waals surface area contributed by atoms with E-state index >= 15 is 0 Å². The maximum Gasteiger partial charge on any atom is 0.0645 e. The minimum atomic E-state index is -0.185. The lowest BCUT2D eigenvalue weighted by molar-refractivity contribution is 0.662. The van der Waals surface area contributed by atoms with Crippen molar-refractivity contribution in [1.82, 2.24) is 0 Å². The quantitative estimate of drug-likeness (QED) is 0.159. The number of rotatable bonds is 7. The molecule has 9 aromatic carbocycles. The molecule has 0 heterocycles. The highest BCUT2D eigenvalue weighted by atomic mass is 15.1. The molecule has 1 aliphatic carbocycles. The molecule has 0 saturated carbocycles. The Morgan fingerprint density at radius 1 is 0.357 bits per heavy atom. The van der Waals surface area contributed by atoms with Crippen LogP contribution in [0.25, 0.3) is 66.4 Å². The molecule has 0 spiro atoms. The van der Waals surface area contributed by atoms with Crippen LogP contribution in [-0.2, 0) is 5.41 Å². The zero-order valence-corrected chi connectivity index (χ0v) is 31.3. The summed E-state index contributed by atoms with van der Waals surface area (Å²) in [5, 5.41) is 2.30. The summed E-state index contributed by atoms with van der Waals surface area (Å²) in [6, 6.07) is 63.7. The summed E-state index contributed by atoms with van der Waals surface area (Å²) in [6.07, 6.45) is 0. The van der Waals surface area contributed by atoms with Gasteiger partial charge < -0.3 is 4.90 Å². The molecule has 0 saturated heterocycles. The lowest BCUT2D eigenvalue weighted by Gasteiger charge is -2.27. The minimum absolute atomic E-state index is 0.0904. The van der Waals surface area contributed by atoms with Crippen molar-refractivity contribution in [2.24, 2.45) is 0 Å². The fraction of sp³-hybridized carbons (Fsp3) is 0.0545. The van der Waals surface area contributed by atoms with E-state index in [4.69, 9.17) is 0 Å². The van der Waals surface area contributed by atoms with Gasteiger partial charge in [-0.1, -0.05) is 184 Å². The second kappa shape index (κ2) is 13.7. The van der Waals surface area contributed by atoms with Gasteiger partial charge in [0.2, 0.25) is 0 Å². The highest BCUT2D eigenvalue weighted by Gasteiger charge is 2.37. The summed E-state index contributed by atoms with van der Waals surface area (Å²) in [4.78, 5) is 1.88. The van der Waals surface area contributed by atoms with Gasteiger partial charge in [-0.2, -0.15) is 0 Å². The Hall–Kier alpha value is -6.96. The van der Waals surface area contributed by atoms with E-state index in [-0.39, 0.29) is 40.8 Å². The first-order valence-corrected chi connectivity index (χ1v) is 19.2. The third-order valence-corrected chi connectivity index (χ3v) is 11.3. The van der Waals surface area contributed by atoms with E-state index < -0.39 is 0 Å². The average Bonchev–Trinajstić information content (AvgIpc) is 3.53. The van der Waals surface area contributed by atoms with Crippen molar-refractivity contribution in [3.63, 3.8) is 0 Å². The molecular formula is C55H41N. The first-order valence-electron chi connectivity index (χ1n) is 21.2. The Kier molecular flexibility index (Phi) is 7.20. The highest BCUT2D eigenvalue weighted by Crippen LogP contribution is 2.52. The minimum Gasteiger partial charge on any atom is -0.310 e. The van der Waals surface area contributed by atoms with Crippen LogP contribution in [0.5, 0.6) is 0 Å². The van der Waals surface area contributed by atoms with Crippen molar-refractivity contribution in [3.05, 3.63) is 223 Å². The zero-order valence-electron chi connectivity index (χ0n) is 35.3. The van der Waals surface area contributed by atoms with E-state index in [0.29, 0.717) is 5.56 Å². The Morgan fingerprint density at radius 2 is 0.911 bits per heavy atom. The standard InChI is InChI=1S/C55H41N/c1-55(2)53-21-9-8-18-51(53)52-20-11-19-50(54(52)55)43-30-34-48(35-31-43)56(49-17-10-16-45(37-49)46-27-26-39-14-6-7-15-44(39)36-46)47-32-28-42(29-33-47)41-24-22-40(23-25-41)38-12-4-3-5-13-38/h3-37H,1-2H3/i28D,29D,32D,33D. The predicted molar refractivity (Wildman–Crippen MR) is 238 cm³/mol. The summed E-state index contributed by atoms with van der Waals surface area (Å²) in [5.41, 5.74) is 13.8. The predicted octanol–water partition coefficient (Wildman–Crippen LogP) is 15.3. The lowest BCUT2D eigenvalue weighted by Crippen LogP contribution is -2.16. The molecule has 1 aliphatic rings. The van der Waals surface area contributed by atoms with Gasteiger partial charge in [0, 0.05) is 22.5 Å². The van der Waals surface area contributed by atoms with Crippen LogP contribution >= 0.6 is 0 Å². The Labute approximate surface area is 335 Å². The molecular weight excluding hydrogens is 675 g/mol. The van der Waals surface area contributed by atoms with Crippen molar-refractivity contribution < 1.29 is 5.48 Å². The van der Waals surface area contributed by atoms with E-state index in [0.717, 1.165) is 55.5 Å². The number of hydrogen-bond acceptors (Lipinski definition) is 1. The van der Waals surface area contributed by atoms with Gasteiger partial charge in [-0.15, -0.1) is 0 Å². The van der Waals surface area contributed by atoms with Crippen LogP contribution in [0.15, 0.2) is 212 Å². The Balaban J connectivity index is 1.11. The van der Waals surface area contributed by atoms with Crippen molar-refractivity contribution in [3.8, 4) is 55.6 Å². The first kappa shape index (κ1) is 29.4. The van der Waals surface area contributed by atoms with Crippen LogP contribution in [0.2, 0.25) is 0 Å². The molecule has 0 N–H and O–H groups in total. The van der Waals surface area contributed by atoms with E-state index in [1.165, 1.54) is 22.3 Å². The smallest absolute Gasteiger partial charge is 0.0645 e. The maximum atomic E-state index is 9.57. The first-order chi connectivity index (χ1) is 29.2. The van der Waals surface area contributed by atoms with Crippen molar-refractivity contribution in [2.75, 3.05) is 4.90 Å². The molecule has 266 valence electrons. The van der Waals surface area contributed by atoms with Gasteiger partial charge in [0.25, 0.3) is 0 Å². The van der Waals surface area contributed by atoms with Crippen LogP contribution < -0.4 is 4.90 Å². The third-order valence-electron chi connectivity index (χ3n) is 11.3. The molecule has 1 heteroatoms. The summed E-state index contributed by atoms with van der Waals surface area (Å²) in [5.74, 6) is 0. The van der Waals surface area contributed by atoms with Gasteiger partial charge in [0.1, 0.15) is 0 Å². The molecule has 0 unspecified atom stereocenters. The van der Waals surface area contributed by atoms with Crippen molar-refractivity contribution in [1.29, 1.82) is 0 Å². The lowest BCUT2D eigenvalue weighted by atomic mass is 9.79. The van der Waals surface area contributed by atoms with Crippen LogP contribution in [0.3, 0.4) is 0 Å². The summed E-state index contributed by atoms with van der Waals surface area (Å²) >= 11 is 0. The number of nitrogens with zero attached hydrogens (tertiary/aromatic N) is 1. The van der Waals surface area contributed by atoms with Gasteiger partial charge >= 0.3 is 0 Å². The van der Waals surface area contributed by atoms with Crippen LogP contribution in [0.1, 0.15) is 30.5 Å². The molecule has 0 bridgehead atoms. The van der Waals surface area contributed by atoms with Gasteiger partial charge in [0.05, 0.1) is 5.48 Å². The van der Waals surface area contributed by atoms with E-state index in [9.17, 15) is 5.48 Å². The fourth-order valence-electron chi connectivity index (χ4n) is 8.50. The molecule has 0 aliphatic heterocycles. The molecule has 0 radical (unpaired) electrons. The largest absolute Gasteiger partial charge is 0.310 e. The molecule has 0 atom stereocenters. The van der Waals surface area contributed by atoms with Crippen molar-refractivity contribution in [2.45, 2.75) is 19.3 Å². The maximum absolute atomic E-state index is 9.57. The number of anilines is 3. The monoisotopic (exact) mass is 719 g/mol. The Morgan fingerprint density at radius 3 is 1.70 bits per heavy atom. The molecule has 0 amide bonds. The van der Waals surface area contributed by atoms with Gasteiger partial charge in [0.15, 0.2) is 0 Å². The highest BCUT2D eigenvalue weighted by molar-refractivity contribution is 5.90. The zero-order chi connectivity index (χ0) is 41.1. The molecule has 0 aromatic heterocycles. The second-order valence-corrected chi connectivity index (χ2v) is 15.1. The summed E-state index contributed by atoms with van der Waals surface area (Å²) < 4.78 is 37.9. The van der Waals surface area contributed by atoms with E-state index in [2.05, 4.69) is 111 Å². The van der Waals surface area contributed by atoms with Crippen LogP contribution in [0.4, 0.5) is 17.1 Å². The molecule has 9 aromatic rings. The van der Waals surface area contributed by atoms with E-state index in [1.807, 2.05) is 95.9 Å². The third kappa shape index (κ3) is 5.90. The number of benzene rings is 9. The second-order valence-electron chi connectivity index (χ2n) is 15.1. The van der Waals surface area contributed by atoms with Crippen LogP contribution in [-0.4, -0.2) is 0 Å². The summed E-state index contributed by atoms with van der Waals surface area (Å²) in [7, 11) is 0. The average molecular weight is 720 g/mol. The van der Waals surface area contributed by atoms with Gasteiger partial charge in [-0.05, 0) is 120 Å². The van der Waals surface area contributed by atoms with Gasteiger partial charge in [-0.3, -0.25) is 0 Å². The normalized spacial score (nSPS) is 13.6. The van der Waals surface area contributed by atoms with E-state index in [1.54, 1.807) is 0 Å². The van der Waals surface area contributed by atoms with Crippen molar-refractivity contribution >= 4 is 27.8 Å². The van der Waals surface area contributed by atoms with Crippen LogP contribution in [0, 0.1) is 0 Å². The molecule has 0 fully saturated rings. The Bertz CT molecular complexity index is 3070. The fourth-order valence-corrected chi connectivity index (χ4v) is 8.50. The molecule has 1 nitrogen and oxygen atoms in total.